The normalized spacial score (nSPS) is 16.2. The summed E-state index contributed by atoms with van der Waals surface area (Å²) in [6, 6.07) is 2.74. The summed E-state index contributed by atoms with van der Waals surface area (Å²) < 4.78 is 10.6. The third-order valence-electron chi connectivity index (χ3n) is 3.29. The van der Waals surface area contributed by atoms with E-state index in [1.807, 2.05) is 19.1 Å². The Balaban J connectivity index is 2.25. The summed E-state index contributed by atoms with van der Waals surface area (Å²) in [5.74, 6) is 0.405. The quantitative estimate of drug-likeness (QED) is 0.729. The average molecular weight is 266 g/mol. The maximum absolute atomic E-state index is 10.9. The van der Waals surface area contributed by atoms with Crippen LogP contribution in [0, 0.1) is 6.92 Å². The van der Waals surface area contributed by atoms with Crippen LogP contribution in [0.3, 0.4) is 0 Å². The minimum Gasteiger partial charge on any atom is -0.480 e. The van der Waals surface area contributed by atoms with Crippen LogP contribution in [0.25, 0.3) is 0 Å². The molecule has 104 valence electrons. The highest BCUT2D eigenvalue weighted by Gasteiger charge is 2.23. The SMILES string of the molecule is CNC(CC(N)C(=O)O)c1cc2c(cc1C)OCO2. The zero-order valence-electron chi connectivity index (χ0n) is 11.0. The van der Waals surface area contributed by atoms with Gasteiger partial charge in [-0.3, -0.25) is 4.79 Å². The van der Waals surface area contributed by atoms with Crippen LogP contribution >= 0.6 is 0 Å². The topological polar surface area (TPSA) is 93.8 Å². The third kappa shape index (κ3) is 2.80. The smallest absolute Gasteiger partial charge is 0.320 e. The Morgan fingerprint density at radius 2 is 2.11 bits per heavy atom. The predicted octanol–water partition coefficient (Wildman–Crippen LogP) is 0.786. The lowest BCUT2D eigenvalue weighted by molar-refractivity contribution is -0.138. The van der Waals surface area contributed by atoms with Crippen LogP contribution in [-0.2, 0) is 4.79 Å². The molecule has 0 radical (unpaired) electrons. The molecule has 4 N–H and O–H groups in total. The van der Waals surface area contributed by atoms with Crippen molar-refractivity contribution in [2.24, 2.45) is 5.73 Å². The van der Waals surface area contributed by atoms with Crippen LogP contribution < -0.4 is 20.5 Å². The zero-order valence-corrected chi connectivity index (χ0v) is 11.0. The van der Waals surface area contributed by atoms with Crippen molar-refractivity contribution in [3.05, 3.63) is 23.3 Å². The Labute approximate surface area is 111 Å². The van der Waals surface area contributed by atoms with E-state index >= 15 is 0 Å². The van der Waals surface area contributed by atoms with Gasteiger partial charge in [0.25, 0.3) is 0 Å². The van der Waals surface area contributed by atoms with Crippen molar-refractivity contribution in [2.45, 2.75) is 25.4 Å². The molecule has 0 fully saturated rings. The van der Waals surface area contributed by atoms with Gasteiger partial charge in [-0.25, -0.2) is 0 Å². The fourth-order valence-corrected chi connectivity index (χ4v) is 2.19. The number of nitrogens with one attached hydrogen (secondary N) is 1. The van der Waals surface area contributed by atoms with Crippen molar-refractivity contribution in [2.75, 3.05) is 13.8 Å². The van der Waals surface area contributed by atoms with Crippen molar-refractivity contribution in [1.82, 2.24) is 5.32 Å². The zero-order chi connectivity index (χ0) is 14.0. The minimum absolute atomic E-state index is 0.138. The molecule has 0 aromatic heterocycles. The second-order valence-electron chi connectivity index (χ2n) is 4.58. The second kappa shape index (κ2) is 5.46. The number of ether oxygens (including phenoxy) is 2. The van der Waals surface area contributed by atoms with Crippen LogP contribution in [0.15, 0.2) is 12.1 Å². The van der Waals surface area contributed by atoms with Crippen molar-refractivity contribution >= 4 is 5.97 Å². The number of nitrogens with two attached hydrogens (primary N) is 1. The first-order valence-electron chi connectivity index (χ1n) is 6.08. The summed E-state index contributed by atoms with van der Waals surface area (Å²) in [5.41, 5.74) is 7.59. The summed E-state index contributed by atoms with van der Waals surface area (Å²) in [6.45, 7) is 2.17. The molecule has 1 heterocycles. The molecule has 0 aliphatic carbocycles. The second-order valence-corrected chi connectivity index (χ2v) is 4.58. The van der Waals surface area contributed by atoms with Crippen molar-refractivity contribution in [3.8, 4) is 11.5 Å². The van der Waals surface area contributed by atoms with Gasteiger partial charge in [-0.15, -0.1) is 0 Å². The van der Waals surface area contributed by atoms with Gasteiger partial charge in [0.2, 0.25) is 6.79 Å². The molecule has 0 amide bonds. The molecule has 19 heavy (non-hydrogen) atoms. The molecular formula is C13H18N2O4. The Bertz CT molecular complexity index is 490. The average Bonchev–Trinajstić information content (AvgIpc) is 2.81. The third-order valence-corrected chi connectivity index (χ3v) is 3.29. The van der Waals surface area contributed by atoms with Crippen LogP contribution in [0.4, 0.5) is 0 Å². The van der Waals surface area contributed by atoms with E-state index in [9.17, 15) is 4.79 Å². The van der Waals surface area contributed by atoms with E-state index in [4.69, 9.17) is 20.3 Å². The summed E-state index contributed by atoms with van der Waals surface area (Å²) in [6.07, 6.45) is 0.312. The van der Waals surface area contributed by atoms with Crippen LogP contribution in [0.5, 0.6) is 11.5 Å². The van der Waals surface area contributed by atoms with E-state index < -0.39 is 12.0 Å². The fourth-order valence-electron chi connectivity index (χ4n) is 2.19. The van der Waals surface area contributed by atoms with Gasteiger partial charge in [0.05, 0.1) is 0 Å². The molecule has 0 spiro atoms. The molecule has 1 aliphatic rings. The number of carboxylic acids is 1. The standard InChI is InChI=1S/C13H18N2O4/c1-7-3-11-12(19-6-18-11)4-8(7)10(15-2)5-9(14)13(16)17/h3-4,9-10,15H,5-6,14H2,1-2H3,(H,16,17). The largest absolute Gasteiger partial charge is 0.480 e. The number of carbonyl (C=O) groups is 1. The number of aryl methyl sites for hydroxylation is 1. The van der Waals surface area contributed by atoms with Crippen LogP contribution in [-0.4, -0.2) is 31.0 Å². The molecule has 0 saturated carbocycles. The van der Waals surface area contributed by atoms with Crippen LogP contribution in [0.1, 0.15) is 23.6 Å². The molecule has 6 heteroatoms. The maximum atomic E-state index is 10.9. The van der Waals surface area contributed by atoms with Crippen molar-refractivity contribution in [1.29, 1.82) is 0 Å². The lowest BCUT2D eigenvalue weighted by Crippen LogP contribution is -2.35. The first kappa shape index (κ1) is 13.6. The van der Waals surface area contributed by atoms with Crippen molar-refractivity contribution in [3.63, 3.8) is 0 Å². The maximum Gasteiger partial charge on any atom is 0.320 e. The summed E-state index contributed by atoms with van der Waals surface area (Å²) in [5, 5.41) is 12.0. The van der Waals surface area contributed by atoms with Gasteiger partial charge in [-0.1, -0.05) is 0 Å². The number of aliphatic carboxylic acids is 1. The lowest BCUT2D eigenvalue weighted by atomic mass is 9.95. The number of carboxylic acid groups (broad SMARTS) is 1. The summed E-state index contributed by atoms with van der Waals surface area (Å²) >= 11 is 0. The van der Waals surface area contributed by atoms with E-state index in [1.54, 1.807) is 7.05 Å². The van der Waals surface area contributed by atoms with Gasteiger partial charge >= 0.3 is 5.97 Å². The number of benzene rings is 1. The van der Waals surface area contributed by atoms with E-state index in [0.29, 0.717) is 12.2 Å². The molecule has 2 atom stereocenters. The molecule has 0 bridgehead atoms. The number of fused-ring (bicyclic) bond motifs is 1. The molecule has 0 saturated heterocycles. The molecule has 1 aliphatic heterocycles. The van der Waals surface area contributed by atoms with Gasteiger partial charge < -0.3 is 25.6 Å². The summed E-state index contributed by atoms with van der Waals surface area (Å²) in [7, 11) is 1.78. The predicted molar refractivity (Wildman–Crippen MR) is 69.3 cm³/mol. The molecular weight excluding hydrogens is 248 g/mol. The molecule has 1 aromatic rings. The molecule has 6 nitrogen and oxygen atoms in total. The number of rotatable bonds is 5. The van der Waals surface area contributed by atoms with Gasteiger partial charge in [-0.2, -0.15) is 0 Å². The van der Waals surface area contributed by atoms with E-state index in [2.05, 4.69) is 5.32 Å². The van der Waals surface area contributed by atoms with Gasteiger partial charge in [0.1, 0.15) is 6.04 Å². The van der Waals surface area contributed by atoms with Crippen LogP contribution in [0.2, 0.25) is 0 Å². The Kier molecular flexibility index (Phi) is 3.92. The van der Waals surface area contributed by atoms with E-state index in [-0.39, 0.29) is 12.8 Å². The van der Waals surface area contributed by atoms with Crippen molar-refractivity contribution < 1.29 is 19.4 Å². The first-order chi connectivity index (χ1) is 9.02. The summed E-state index contributed by atoms with van der Waals surface area (Å²) in [4.78, 5) is 10.9. The van der Waals surface area contributed by atoms with Gasteiger partial charge in [0.15, 0.2) is 11.5 Å². The van der Waals surface area contributed by atoms with Gasteiger partial charge in [0, 0.05) is 6.04 Å². The van der Waals surface area contributed by atoms with E-state index in [0.717, 1.165) is 16.9 Å². The highest BCUT2D eigenvalue weighted by atomic mass is 16.7. The monoisotopic (exact) mass is 266 g/mol. The molecule has 1 aromatic carbocycles. The Morgan fingerprint density at radius 1 is 1.47 bits per heavy atom. The Hall–Kier alpha value is -1.79. The molecule has 2 unspecified atom stereocenters. The lowest BCUT2D eigenvalue weighted by Gasteiger charge is -2.21. The van der Waals surface area contributed by atoms with E-state index in [1.165, 1.54) is 0 Å². The minimum atomic E-state index is -1.00. The number of hydrogen-bond acceptors (Lipinski definition) is 5. The highest BCUT2D eigenvalue weighted by molar-refractivity contribution is 5.73. The number of hydrogen-bond donors (Lipinski definition) is 3. The molecule has 2 rings (SSSR count). The highest BCUT2D eigenvalue weighted by Crippen LogP contribution is 2.37. The van der Waals surface area contributed by atoms with Gasteiger partial charge in [-0.05, 0) is 43.7 Å². The fraction of sp³-hybridized carbons (Fsp3) is 0.462. The Morgan fingerprint density at radius 3 is 2.68 bits per heavy atom. The first-order valence-corrected chi connectivity index (χ1v) is 6.08.